The number of amides is 1. The minimum atomic E-state index is 0. The monoisotopic (exact) mass is 488 g/mol. The van der Waals surface area contributed by atoms with Gasteiger partial charge in [0.2, 0.25) is 5.91 Å². The number of unbranched alkanes of at least 4 members (excludes halogenated alkanes) is 1. The number of aliphatic imine (C=N–C) groups is 1. The van der Waals surface area contributed by atoms with Crippen molar-refractivity contribution in [1.82, 2.24) is 15.5 Å². The molecule has 0 saturated carbocycles. The van der Waals surface area contributed by atoms with Crippen molar-refractivity contribution in [3.63, 3.8) is 0 Å². The van der Waals surface area contributed by atoms with Crippen LogP contribution in [0.25, 0.3) is 0 Å². The smallest absolute Gasteiger partial charge is 0.223 e. The summed E-state index contributed by atoms with van der Waals surface area (Å²) in [6, 6.07) is 8.28. The highest BCUT2D eigenvalue weighted by Crippen LogP contribution is 2.22. The Labute approximate surface area is 180 Å². The summed E-state index contributed by atoms with van der Waals surface area (Å²) in [5.74, 6) is 1.02. The first kappa shape index (κ1) is 23.7. The molecule has 152 valence electrons. The van der Waals surface area contributed by atoms with Gasteiger partial charge in [0.15, 0.2) is 5.96 Å². The molecule has 1 aromatic rings. The number of fused-ring (bicyclic) bond motifs is 1. The number of nitrogens with zero attached hydrogens (tertiary/aromatic N) is 2. The lowest BCUT2D eigenvalue weighted by Gasteiger charge is -2.16. The number of halogens is 1. The average molecular weight is 488 g/mol. The van der Waals surface area contributed by atoms with Crippen LogP contribution in [0.4, 0.5) is 0 Å². The van der Waals surface area contributed by atoms with Crippen LogP contribution >= 0.6 is 24.0 Å². The second kappa shape index (κ2) is 13.8. The third-order valence-electron chi connectivity index (χ3n) is 4.49. The molecule has 1 aliphatic rings. The Balaban J connectivity index is 0.00000364. The van der Waals surface area contributed by atoms with Crippen LogP contribution in [0.1, 0.15) is 43.7 Å². The molecule has 0 aliphatic carbocycles. The lowest BCUT2D eigenvalue weighted by molar-refractivity contribution is -0.131. The molecule has 0 atom stereocenters. The Morgan fingerprint density at radius 2 is 1.74 bits per heavy atom. The van der Waals surface area contributed by atoms with E-state index in [2.05, 4.69) is 27.8 Å². The fraction of sp³-hybridized carbons (Fsp3) is 0.600. The molecule has 0 saturated heterocycles. The van der Waals surface area contributed by atoms with Crippen LogP contribution in [0, 0.1) is 0 Å². The average Bonchev–Trinajstić information content (AvgIpc) is 3.10. The Kier molecular flexibility index (Phi) is 12.1. The molecule has 0 unspecified atom stereocenters. The van der Waals surface area contributed by atoms with Crippen LogP contribution in [0.3, 0.4) is 0 Å². The van der Waals surface area contributed by atoms with Crippen molar-refractivity contribution in [3.05, 3.63) is 35.4 Å². The highest BCUT2D eigenvalue weighted by atomic mass is 127. The van der Waals surface area contributed by atoms with Crippen LogP contribution in [-0.2, 0) is 22.6 Å². The minimum Gasteiger partial charge on any atom is -0.382 e. The minimum absolute atomic E-state index is 0. The van der Waals surface area contributed by atoms with Crippen LogP contribution in [0.5, 0.6) is 0 Å². The first-order valence-corrected chi connectivity index (χ1v) is 9.61. The maximum Gasteiger partial charge on any atom is 0.223 e. The van der Waals surface area contributed by atoms with Crippen molar-refractivity contribution in [2.45, 2.75) is 45.7 Å². The molecule has 0 spiro atoms. The molecule has 2 rings (SSSR count). The van der Waals surface area contributed by atoms with Gasteiger partial charge >= 0.3 is 0 Å². The summed E-state index contributed by atoms with van der Waals surface area (Å²) < 4.78 is 5.32. The van der Waals surface area contributed by atoms with Crippen LogP contribution in [0.2, 0.25) is 0 Å². The number of guanidine groups is 1. The van der Waals surface area contributed by atoms with Crippen molar-refractivity contribution in [2.75, 3.05) is 33.4 Å². The van der Waals surface area contributed by atoms with Gasteiger partial charge in [0.05, 0.1) is 0 Å². The zero-order chi connectivity index (χ0) is 18.6. The summed E-state index contributed by atoms with van der Waals surface area (Å²) in [5.41, 5.74) is 2.54. The Hall–Kier alpha value is -1.35. The number of benzene rings is 1. The number of carbonyl (C=O) groups excluding carboxylic acids is 1. The maximum atomic E-state index is 12.4. The van der Waals surface area contributed by atoms with Gasteiger partial charge < -0.3 is 20.3 Å². The van der Waals surface area contributed by atoms with E-state index < -0.39 is 0 Å². The first-order valence-electron chi connectivity index (χ1n) is 9.61. The SMILES string of the molecule is CCOCCCCNC(=NC)NCCCC(=O)N1Cc2ccccc2C1.I. The molecule has 1 aliphatic heterocycles. The topological polar surface area (TPSA) is 66.0 Å². The van der Waals surface area contributed by atoms with Crippen LogP contribution < -0.4 is 10.6 Å². The zero-order valence-corrected chi connectivity index (χ0v) is 18.8. The van der Waals surface area contributed by atoms with E-state index in [9.17, 15) is 4.79 Å². The number of rotatable bonds is 10. The summed E-state index contributed by atoms with van der Waals surface area (Å²) in [6.07, 6.45) is 3.46. The third kappa shape index (κ3) is 8.47. The summed E-state index contributed by atoms with van der Waals surface area (Å²) in [6.45, 7) is 6.70. The molecular formula is C20H33IN4O2. The standard InChI is InChI=1S/C20H32N4O2.HI/c1-3-26-14-7-6-12-22-20(21-2)23-13-8-11-19(25)24-15-17-9-4-5-10-18(17)16-24;/h4-5,9-10H,3,6-8,11-16H2,1-2H3,(H2,21,22,23);1H. The summed E-state index contributed by atoms with van der Waals surface area (Å²) in [7, 11) is 1.77. The number of carbonyl (C=O) groups is 1. The van der Waals surface area contributed by atoms with E-state index >= 15 is 0 Å². The van der Waals surface area contributed by atoms with Gasteiger partial charge in [-0.15, -0.1) is 24.0 Å². The van der Waals surface area contributed by atoms with E-state index in [-0.39, 0.29) is 29.9 Å². The largest absolute Gasteiger partial charge is 0.382 e. The summed E-state index contributed by atoms with van der Waals surface area (Å²) in [4.78, 5) is 18.5. The van der Waals surface area contributed by atoms with E-state index in [1.165, 1.54) is 11.1 Å². The van der Waals surface area contributed by atoms with Gasteiger partial charge in [-0.3, -0.25) is 9.79 Å². The summed E-state index contributed by atoms with van der Waals surface area (Å²) in [5, 5.41) is 6.56. The second-order valence-corrected chi connectivity index (χ2v) is 6.45. The molecular weight excluding hydrogens is 455 g/mol. The molecule has 2 N–H and O–H groups in total. The Morgan fingerprint density at radius 3 is 2.33 bits per heavy atom. The Morgan fingerprint density at radius 1 is 1.11 bits per heavy atom. The van der Waals surface area contributed by atoms with E-state index in [0.29, 0.717) is 6.42 Å². The number of hydrogen-bond donors (Lipinski definition) is 2. The van der Waals surface area contributed by atoms with Gasteiger partial charge in [0.25, 0.3) is 0 Å². The van der Waals surface area contributed by atoms with Gasteiger partial charge in [-0.25, -0.2) is 0 Å². The van der Waals surface area contributed by atoms with E-state index in [1.54, 1.807) is 7.05 Å². The second-order valence-electron chi connectivity index (χ2n) is 6.45. The van der Waals surface area contributed by atoms with Crippen molar-refractivity contribution >= 4 is 35.8 Å². The van der Waals surface area contributed by atoms with Gasteiger partial charge in [-0.1, -0.05) is 24.3 Å². The highest BCUT2D eigenvalue weighted by molar-refractivity contribution is 14.0. The van der Waals surface area contributed by atoms with Gasteiger partial charge in [-0.05, 0) is 37.3 Å². The normalized spacial score (nSPS) is 13.1. The predicted molar refractivity (Wildman–Crippen MR) is 120 cm³/mol. The van der Waals surface area contributed by atoms with Gasteiger partial charge in [0.1, 0.15) is 0 Å². The van der Waals surface area contributed by atoms with E-state index in [0.717, 1.165) is 64.6 Å². The predicted octanol–water partition coefficient (Wildman–Crippen LogP) is 2.91. The molecule has 0 fully saturated rings. The molecule has 6 nitrogen and oxygen atoms in total. The van der Waals surface area contributed by atoms with Crippen molar-refractivity contribution < 1.29 is 9.53 Å². The fourth-order valence-corrected chi connectivity index (χ4v) is 3.01. The third-order valence-corrected chi connectivity index (χ3v) is 4.49. The molecule has 0 aromatic heterocycles. The van der Waals surface area contributed by atoms with Crippen molar-refractivity contribution in [3.8, 4) is 0 Å². The number of nitrogens with one attached hydrogen (secondary N) is 2. The molecule has 0 radical (unpaired) electrons. The molecule has 1 aromatic carbocycles. The van der Waals surface area contributed by atoms with Crippen LogP contribution in [0.15, 0.2) is 29.3 Å². The Bertz CT molecular complexity index is 570. The number of ether oxygens (including phenoxy) is 1. The molecule has 0 bridgehead atoms. The van der Waals surface area contributed by atoms with Crippen LogP contribution in [-0.4, -0.2) is 50.1 Å². The molecule has 1 amide bonds. The maximum absolute atomic E-state index is 12.4. The lowest BCUT2D eigenvalue weighted by atomic mass is 10.1. The lowest BCUT2D eigenvalue weighted by Crippen LogP contribution is -2.38. The van der Waals surface area contributed by atoms with Gasteiger partial charge in [0, 0.05) is 52.9 Å². The molecule has 27 heavy (non-hydrogen) atoms. The van der Waals surface area contributed by atoms with E-state index in [4.69, 9.17) is 4.74 Å². The quantitative estimate of drug-likeness (QED) is 0.230. The molecule has 7 heteroatoms. The van der Waals surface area contributed by atoms with E-state index in [1.807, 2.05) is 24.0 Å². The van der Waals surface area contributed by atoms with Crippen molar-refractivity contribution in [1.29, 1.82) is 0 Å². The fourth-order valence-electron chi connectivity index (χ4n) is 3.01. The zero-order valence-electron chi connectivity index (χ0n) is 16.5. The number of hydrogen-bond acceptors (Lipinski definition) is 3. The summed E-state index contributed by atoms with van der Waals surface area (Å²) >= 11 is 0. The molecule has 1 heterocycles. The van der Waals surface area contributed by atoms with Gasteiger partial charge in [-0.2, -0.15) is 0 Å². The van der Waals surface area contributed by atoms with Crippen molar-refractivity contribution in [2.24, 2.45) is 4.99 Å². The highest BCUT2D eigenvalue weighted by Gasteiger charge is 2.22. The first-order chi connectivity index (χ1) is 12.7.